The molecule has 134 valence electrons. The molecule has 0 aliphatic heterocycles. The molecule has 0 spiro atoms. The Bertz CT molecular complexity index is 466. The highest BCUT2D eigenvalue weighted by Crippen LogP contribution is 2.12. The van der Waals surface area contributed by atoms with Crippen molar-refractivity contribution in [1.29, 1.82) is 0 Å². The van der Waals surface area contributed by atoms with Crippen molar-refractivity contribution in [3.05, 3.63) is 29.8 Å². The third-order valence-corrected chi connectivity index (χ3v) is 4.90. The van der Waals surface area contributed by atoms with E-state index in [-0.39, 0.29) is 5.78 Å². The van der Waals surface area contributed by atoms with Gasteiger partial charge >= 0.3 is 7.12 Å². The molecule has 5 heteroatoms. The molecule has 0 atom stereocenters. The predicted octanol–water partition coefficient (Wildman–Crippen LogP) is 3.35. The van der Waals surface area contributed by atoms with Crippen molar-refractivity contribution in [3.63, 3.8) is 0 Å². The van der Waals surface area contributed by atoms with Crippen molar-refractivity contribution in [3.8, 4) is 0 Å². The molecule has 0 saturated carbocycles. The summed E-state index contributed by atoms with van der Waals surface area (Å²) in [5.74, 6) is 1.51. The van der Waals surface area contributed by atoms with Crippen LogP contribution in [0.5, 0.6) is 0 Å². The van der Waals surface area contributed by atoms with Gasteiger partial charge in [0.1, 0.15) is 5.78 Å². The number of Topliss-reactive ketones (excluding diaryl/α,β-unsaturated/α-hetero) is 1. The lowest BCUT2D eigenvalue weighted by Crippen LogP contribution is -2.30. The number of carbonyl (C=O) groups excluding carboxylic acids is 1. The van der Waals surface area contributed by atoms with Gasteiger partial charge in [-0.3, -0.25) is 4.79 Å². The van der Waals surface area contributed by atoms with Gasteiger partial charge in [0.05, 0.1) is 0 Å². The fourth-order valence-corrected chi connectivity index (χ4v) is 3.30. The van der Waals surface area contributed by atoms with Crippen molar-refractivity contribution >= 4 is 30.1 Å². The summed E-state index contributed by atoms with van der Waals surface area (Å²) in [7, 11) is -1.47. The van der Waals surface area contributed by atoms with E-state index in [4.69, 9.17) is 10.0 Å². The summed E-state index contributed by atoms with van der Waals surface area (Å²) in [6, 6.07) is 6.97. The summed E-state index contributed by atoms with van der Waals surface area (Å²) < 4.78 is 0. The monoisotopic (exact) mass is 350 g/mol. The number of ketones is 1. The average Bonchev–Trinajstić information content (AvgIpc) is 2.56. The fourth-order valence-electron chi connectivity index (χ4n) is 2.81. The average molecular weight is 350 g/mol. The van der Waals surface area contributed by atoms with Gasteiger partial charge in [0.2, 0.25) is 0 Å². The van der Waals surface area contributed by atoms with Crippen LogP contribution in [-0.4, -0.2) is 35.0 Å². The fraction of sp³-hybridized carbons (Fsp3) is 0.632. The first-order chi connectivity index (χ1) is 11.6. The Morgan fingerprint density at radius 2 is 1.62 bits per heavy atom. The predicted molar refractivity (Wildman–Crippen MR) is 105 cm³/mol. The molecule has 0 amide bonds. The Morgan fingerprint density at radius 1 is 1.00 bits per heavy atom. The second kappa shape index (κ2) is 13.5. The van der Waals surface area contributed by atoms with E-state index >= 15 is 0 Å². The maximum absolute atomic E-state index is 12.0. The quantitative estimate of drug-likeness (QED) is 0.399. The number of carbonyl (C=O) groups is 1. The van der Waals surface area contributed by atoms with Gasteiger partial charge in [0.25, 0.3) is 0 Å². The second-order valence-electron chi connectivity index (χ2n) is 6.41. The van der Waals surface area contributed by atoms with Crippen molar-refractivity contribution < 1.29 is 14.8 Å². The van der Waals surface area contributed by atoms with E-state index in [1.807, 2.05) is 17.8 Å². The second-order valence-corrected chi connectivity index (χ2v) is 7.39. The molecule has 0 bridgehead atoms. The normalized spacial score (nSPS) is 10.8. The van der Waals surface area contributed by atoms with Gasteiger partial charge in [-0.05, 0) is 35.9 Å². The van der Waals surface area contributed by atoms with E-state index in [1.165, 1.54) is 44.3 Å². The zero-order valence-electron chi connectivity index (χ0n) is 14.9. The smallest absolute Gasteiger partial charge is 0.423 e. The molecule has 0 radical (unpaired) electrons. The summed E-state index contributed by atoms with van der Waals surface area (Å²) in [5, 5.41) is 18.3. The largest absolute Gasteiger partial charge is 0.488 e. The van der Waals surface area contributed by atoms with E-state index in [9.17, 15) is 4.79 Å². The van der Waals surface area contributed by atoms with Gasteiger partial charge in [-0.1, -0.05) is 62.8 Å². The van der Waals surface area contributed by atoms with Gasteiger partial charge in [-0.15, -0.1) is 0 Å². The number of thioether (sulfide) groups is 1. The van der Waals surface area contributed by atoms with E-state index in [0.29, 0.717) is 18.3 Å². The maximum Gasteiger partial charge on any atom is 0.488 e. The highest BCUT2D eigenvalue weighted by Gasteiger charge is 2.11. The number of hydrogen-bond donors (Lipinski definition) is 2. The molecule has 3 nitrogen and oxygen atoms in total. The van der Waals surface area contributed by atoms with Gasteiger partial charge < -0.3 is 10.0 Å². The van der Waals surface area contributed by atoms with E-state index in [1.54, 1.807) is 18.2 Å². The van der Waals surface area contributed by atoms with Crippen molar-refractivity contribution in [2.75, 3.05) is 12.0 Å². The first-order valence-corrected chi connectivity index (χ1v) is 10.5. The molecule has 1 aromatic rings. The molecule has 0 aliphatic rings. The first kappa shape index (κ1) is 21.3. The molecular weight excluding hydrogens is 319 g/mol. The lowest BCUT2D eigenvalue weighted by molar-refractivity contribution is -0.118. The van der Waals surface area contributed by atoms with Crippen LogP contribution in [0.15, 0.2) is 24.3 Å². The van der Waals surface area contributed by atoms with Crippen LogP contribution in [-0.2, 0) is 11.2 Å². The summed E-state index contributed by atoms with van der Waals surface area (Å²) in [6.07, 6.45) is 13.1. The van der Waals surface area contributed by atoms with E-state index in [2.05, 4.69) is 6.26 Å². The minimum absolute atomic E-state index is 0.233. The van der Waals surface area contributed by atoms with Crippen LogP contribution in [0, 0.1) is 0 Å². The van der Waals surface area contributed by atoms with Gasteiger partial charge in [0.15, 0.2) is 0 Å². The Kier molecular flexibility index (Phi) is 12.0. The van der Waals surface area contributed by atoms with Crippen molar-refractivity contribution in [1.82, 2.24) is 0 Å². The van der Waals surface area contributed by atoms with Gasteiger partial charge in [0, 0.05) is 12.8 Å². The van der Waals surface area contributed by atoms with Crippen LogP contribution in [0.25, 0.3) is 0 Å². The van der Waals surface area contributed by atoms with Crippen LogP contribution in [0.1, 0.15) is 63.4 Å². The standard InChI is InChI=1S/C19H31BO3S/c1-24-14-9-7-5-3-2-4-6-8-13-19(21)16-17-11-10-12-18(15-17)20(22)23/h10-12,15,22-23H,2-9,13-14,16H2,1H3. The van der Waals surface area contributed by atoms with Crippen LogP contribution in [0.4, 0.5) is 0 Å². The highest BCUT2D eigenvalue weighted by molar-refractivity contribution is 7.98. The lowest BCUT2D eigenvalue weighted by Gasteiger charge is -2.05. The van der Waals surface area contributed by atoms with Crippen LogP contribution < -0.4 is 5.46 Å². The Labute approximate surface area is 151 Å². The third-order valence-electron chi connectivity index (χ3n) is 4.20. The van der Waals surface area contributed by atoms with Gasteiger partial charge in [-0.2, -0.15) is 11.8 Å². The van der Waals surface area contributed by atoms with Crippen LogP contribution in [0.3, 0.4) is 0 Å². The van der Waals surface area contributed by atoms with E-state index < -0.39 is 7.12 Å². The Hall–Kier alpha value is -0.775. The Morgan fingerprint density at radius 3 is 2.25 bits per heavy atom. The summed E-state index contributed by atoms with van der Waals surface area (Å²) in [4.78, 5) is 12.0. The zero-order chi connectivity index (χ0) is 17.6. The SMILES string of the molecule is CSCCCCCCCCCCC(=O)Cc1cccc(B(O)O)c1. The molecule has 0 unspecified atom stereocenters. The topological polar surface area (TPSA) is 57.5 Å². The minimum atomic E-state index is -1.47. The molecule has 0 aliphatic carbocycles. The maximum atomic E-state index is 12.0. The molecule has 0 aromatic heterocycles. The number of benzene rings is 1. The minimum Gasteiger partial charge on any atom is -0.423 e. The molecule has 2 N–H and O–H groups in total. The van der Waals surface area contributed by atoms with Crippen molar-refractivity contribution in [2.45, 2.75) is 64.2 Å². The molecule has 0 saturated heterocycles. The van der Waals surface area contributed by atoms with Crippen LogP contribution in [0.2, 0.25) is 0 Å². The number of hydrogen-bond acceptors (Lipinski definition) is 4. The first-order valence-electron chi connectivity index (χ1n) is 9.09. The summed E-state index contributed by atoms with van der Waals surface area (Å²) >= 11 is 1.93. The molecule has 0 fully saturated rings. The summed E-state index contributed by atoms with van der Waals surface area (Å²) in [6.45, 7) is 0. The third kappa shape index (κ3) is 10.2. The van der Waals surface area contributed by atoms with E-state index in [0.717, 1.165) is 18.4 Å². The Balaban J connectivity index is 2.05. The molecule has 0 heterocycles. The molecular formula is C19H31BO3S. The van der Waals surface area contributed by atoms with Crippen molar-refractivity contribution in [2.24, 2.45) is 0 Å². The number of rotatable bonds is 14. The summed E-state index contributed by atoms with van der Waals surface area (Å²) in [5.41, 5.74) is 1.30. The molecule has 24 heavy (non-hydrogen) atoms. The van der Waals surface area contributed by atoms with Crippen LogP contribution >= 0.6 is 11.8 Å². The molecule has 1 rings (SSSR count). The highest BCUT2D eigenvalue weighted by atomic mass is 32.2. The molecule has 1 aromatic carbocycles. The van der Waals surface area contributed by atoms with Gasteiger partial charge in [-0.25, -0.2) is 0 Å². The zero-order valence-corrected chi connectivity index (χ0v) is 15.7. The number of unbranched alkanes of at least 4 members (excludes halogenated alkanes) is 7. The lowest BCUT2D eigenvalue weighted by atomic mass is 9.79.